The molecule has 0 saturated carbocycles. The lowest BCUT2D eigenvalue weighted by molar-refractivity contribution is -0.139. The SMILES string of the molecule is COC(=O)/C(=C/[C@@H](OCc1ccccc1)[C@H](OCc1ccccc1)[C@H](O)COCc1ccccc1)NC(=O)OCc1ccccc1. The summed E-state index contributed by atoms with van der Waals surface area (Å²) in [7, 11) is 1.20. The molecule has 0 spiro atoms. The third-order valence-corrected chi connectivity index (χ3v) is 6.86. The quantitative estimate of drug-likeness (QED) is 0.113. The van der Waals surface area contributed by atoms with Crippen molar-refractivity contribution in [2.75, 3.05) is 13.7 Å². The van der Waals surface area contributed by atoms with E-state index in [1.165, 1.54) is 13.2 Å². The maximum Gasteiger partial charge on any atom is 0.412 e. The molecule has 0 aliphatic heterocycles. The van der Waals surface area contributed by atoms with E-state index in [9.17, 15) is 14.7 Å². The van der Waals surface area contributed by atoms with Crippen LogP contribution in [0.15, 0.2) is 133 Å². The van der Waals surface area contributed by atoms with Gasteiger partial charge in [0.05, 0.1) is 33.5 Å². The molecule has 4 rings (SSSR count). The predicted octanol–water partition coefficient (Wildman–Crippen LogP) is 5.72. The Bertz CT molecular complexity index is 1480. The van der Waals surface area contributed by atoms with E-state index in [0.717, 1.165) is 22.3 Å². The van der Waals surface area contributed by atoms with Crippen LogP contribution in [0.2, 0.25) is 0 Å². The lowest BCUT2D eigenvalue weighted by Crippen LogP contribution is -2.44. The van der Waals surface area contributed by atoms with Crippen molar-refractivity contribution < 1.29 is 38.4 Å². The van der Waals surface area contributed by atoms with Crippen LogP contribution >= 0.6 is 0 Å². The Labute approximate surface area is 269 Å². The first-order valence-corrected chi connectivity index (χ1v) is 14.9. The van der Waals surface area contributed by atoms with Crippen LogP contribution in [-0.4, -0.2) is 49.2 Å². The number of aliphatic hydroxyl groups is 1. The Balaban J connectivity index is 1.58. The predicted molar refractivity (Wildman–Crippen MR) is 172 cm³/mol. The maximum absolute atomic E-state index is 12.9. The summed E-state index contributed by atoms with van der Waals surface area (Å²) < 4.78 is 28.7. The van der Waals surface area contributed by atoms with Gasteiger partial charge in [-0.15, -0.1) is 0 Å². The van der Waals surface area contributed by atoms with Gasteiger partial charge in [-0.05, 0) is 28.3 Å². The summed E-state index contributed by atoms with van der Waals surface area (Å²) in [5, 5.41) is 13.9. The fourth-order valence-corrected chi connectivity index (χ4v) is 4.47. The van der Waals surface area contributed by atoms with Gasteiger partial charge in [-0.3, -0.25) is 5.32 Å². The first-order chi connectivity index (χ1) is 22.5. The average molecular weight is 626 g/mol. The molecule has 4 aromatic carbocycles. The molecule has 240 valence electrons. The maximum atomic E-state index is 12.9. The van der Waals surface area contributed by atoms with Crippen LogP contribution in [0.3, 0.4) is 0 Å². The largest absolute Gasteiger partial charge is 0.464 e. The zero-order valence-corrected chi connectivity index (χ0v) is 25.7. The van der Waals surface area contributed by atoms with E-state index in [1.807, 2.05) is 121 Å². The first-order valence-electron chi connectivity index (χ1n) is 14.9. The highest BCUT2D eigenvalue weighted by atomic mass is 16.6. The van der Waals surface area contributed by atoms with Gasteiger partial charge in [-0.1, -0.05) is 121 Å². The number of carbonyl (C=O) groups is 2. The van der Waals surface area contributed by atoms with Gasteiger partial charge in [0.2, 0.25) is 0 Å². The van der Waals surface area contributed by atoms with Crippen molar-refractivity contribution in [2.24, 2.45) is 0 Å². The summed E-state index contributed by atoms with van der Waals surface area (Å²) in [4.78, 5) is 25.7. The molecule has 0 radical (unpaired) electrons. The third kappa shape index (κ3) is 11.6. The van der Waals surface area contributed by atoms with E-state index in [-0.39, 0.29) is 38.7 Å². The number of alkyl carbamates (subject to hydrolysis) is 1. The molecule has 0 unspecified atom stereocenters. The summed E-state index contributed by atoms with van der Waals surface area (Å²) in [5.41, 5.74) is 3.21. The molecule has 0 fully saturated rings. The van der Waals surface area contributed by atoms with Crippen molar-refractivity contribution in [3.63, 3.8) is 0 Å². The smallest absolute Gasteiger partial charge is 0.412 e. The normalized spacial score (nSPS) is 13.3. The number of rotatable bonds is 17. The Kier molecular flexibility index (Phi) is 14.0. The Morgan fingerprint density at radius 2 is 1.13 bits per heavy atom. The molecule has 0 aromatic heterocycles. The molecule has 46 heavy (non-hydrogen) atoms. The summed E-state index contributed by atoms with van der Waals surface area (Å²) in [5.74, 6) is -0.832. The summed E-state index contributed by atoms with van der Waals surface area (Å²) in [6.45, 7) is 0.442. The zero-order chi connectivity index (χ0) is 32.4. The summed E-state index contributed by atoms with van der Waals surface area (Å²) in [6, 6.07) is 37.6. The Hall–Kier alpha value is -4.80. The zero-order valence-electron chi connectivity index (χ0n) is 25.7. The van der Waals surface area contributed by atoms with Crippen molar-refractivity contribution in [2.45, 2.75) is 44.7 Å². The number of benzene rings is 4. The molecular weight excluding hydrogens is 586 g/mol. The monoisotopic (exact) mass is 625 g/mol. The van der Waals surface area contributed by atoms with E-state index in [2.05, 4.69) is 5.32 Å². The van der Waals surface area contributed by atoms with E-state index < -0.39 is 30.4 Å². The van der Waals surface area contributed by atoms with E-state index >= 15 is 0 Å². The molecule has 4 aromatic rings. The lowest BCUT2D eigenvalue weighted by atomic mass is 10.1. The van der Waals surface area contributed by atoms with Gasteiger partial charge in [0.25, 0.3) is 0 Å². The van der Waals surface area contributed by atoms with Crippen LogP contribution in [0.4, 0.5) is 4.79 Å². The molecule has 9 heteroatoms. The molecule has 0 bridgehead atoms. The minimum Gasteiger partial charge on any atom is -0.464 e. The number of esters is 1. The van der Waals surface area contributed by atoms with Gasteiger partial charge in [0.15, 0.2) is 0 Å². The van der Waals surface area contributed by atoms with Crippen molar-refractivity contribution in [3.05, 3.63) is 155 Å². The van der Waals surface area contributed by atoms with Crippen LogP contribution in [0.1, 0.15) is 22.3 Å². The van der Waals surface area contributed by atoms with Crippen LogP contribution in [0, 0.1) is 0 Å². The fourth-order valence-electron chi connectivity index (χ4n) is 4.47. The van der Waals surface area contributed by atoms with Crippen LogP contribution in [0.5, 0.6) is 0 Å². The lowest BCUT2D eigenvalue weighted by Gasteiger charge is -2.30. The number of hydrogen-bond acceptors (Lipinski definition) is 8. The number of methoxy groups -OCH3 is 1. The first kappa shape index (κ1) is 34.1. The van der Waals surface area contributed by atoms with Crippen molar-refractivity contribution in [1.29, 1.82) is 0 Å². The van der Waals surface area contributed by atoms with Crippen LogP contribution < -0.4 is 5.32 Å². The molecule has 0 heterocycles. The number of hydrogen-bond donors (Lipinski definition) is 2. The highest BCUT2D eigenvalue weighted by Crippen LogP contribution is 2.19. The van der Waals surface area contributed by atoms with Gasteiger partial charge in [0, 0.05) is 0 Å². The van der Waals surface area contributed by atoms with Crippen molar-refractivity contribution >= 4 is 12.1 Å². The van der Waals surface area contributed by atoms with Gasteiger partial charge >= 0.3 is 12.1 Å². The Morgan fingerprint density at radius 1 is 0.674 bits per heavy atom. The molecule has 0 saturated heterocycles. The van der Waals surface area contributed by atoms with Gasteiger partial charge < -0.3 is 28.8 Å². The molecular formula is C37H39NO8. The van der Waals surface area contributed by atoms with Gasteiger partial charge in [0.1, 0.15) is 30.6 Å². The van der Waals surface area contributed by atoms with E-state index in [4.69, 9.17) is 23.7 Å². The van der Waals surface area contributed by atoms with Crippen LogP contribution in [0.25, 0.3) is 0 Å². The summed E-state index contributed by atoms with van der Waals surface area (Å²) >= 11 is 0. The molecule has 3 atom stereocenters. The summed E-state index contributed by atoms with van der Waals surface area (Å²) in [6.07, 6.45) is -2.75. The molecule has 1 amide bonds. The molecule has 2 N–H and O–H groups in total. The number of ether oxygens (including phenoxy) is 5. The van der Waals surface area contributed by atoms with Gasteiger partial charge in [-0.2, -0.15) is 0 Å². The topological polar surface area (TPSA) is 113 Å². The highest BCUT2D eigenvalue weighted by molar-refractivity contribution is 5.92. The second-order valence-corrected chi connectivity index (χ2v) is 10.3. The number of amides is 1. The second-order valence-electron chi connectivity index (χ2n) is 10.3. The van der Waals surface area contributed by atoms with Gasteiger partial charge in [-0.25, -0.2) is 9.59 Å². The van der Waals surface area contributed by atoms with Crippen molar-refractivity contribution in [3.8, 4) is 0 Å². The minimum atomic E-state index is -1.19. The molecule has 9 nitrogen and oxygen atoms in total. The minimum absolute atomic E-state index is 0.00462. The third-order valence-electron chi connectivity index (χ3n) is 6.86. The van der Waals surface area contributed by atoms with Crippen molar-refractivity contribution in [1.82, 2.24) is 5.32 Å². The number of nitrogens with one attached hydrogen (secondary N) is 1. The number of carbonyl (C=O) groups excluding carboxylic acids is 2. The number of aliphatic hydroxyl groups excluding tert-OH is 1. The van der Waals surface area contributed by atoms with E-state index in [1.54, 1.807) is 0 Å². The fraction of sp³-hybridized carbons (Fsp3) is 0.243. The second kappa shape index (κ2) is 18.9. The highest BCUT2D eigenvalue weighted by Gasteiger charge is 2.31. The Morgan fingerprint density at radius 3 is 1.63 bits per heavy atom. The van der Waals surface area contributed by atoms with E-state index in [0.29, 0.717) is 0 Å². The van der Waals surface area contributed by atoms with Crippen LogP contribution in [-0.2, 0) is 54.9 Å². The molecule has 0 aliphatic rings. The standard InChI is InChI=1S/C37H39NO8/c1-42-36(40)32(38-37(41)46-26-31-20-12-5-13-21-31)22-34(44-24-29-16-8-3-9-17-29)35(45-25-30-18-10-4-11-19-30)33(39)27-43-23-28-14-6-2-7-15-28/h2-22,33-35,39H,23-27H2,1H3,(H,38,41)/b32-22-/t33-,34-,35-/m1/s1. The molecule has 0 aliphatic carbocycles. The average Bonchev–Trinajstić information content (AvgIpc) is 3.10.